The summed E-state index contributed by atoms with van der Waals surface area (Å²) in [6.45, 7) is 0.358. The number of ether oxygens (including phenoxy) is 2. The first kappa shape index (κ1) is 17.9. The Morgan fingerprint density at radius 2 is 1.75 bits per heavy atom. The van der Waals surface area contributed by atoms with Gasteiger partial charge in [0.25, 0.3) is 0 Å². The van der Waals surface area contributed by atoms with E-state index < -0.39 is 0 Å². The van der Waals surface area contributed by atoms with Crippen LogP contribution in [-0.4, -0.2) is 26.7 Å². The van der Waals surface area contributed by atoms with Crippen molar-refractivity contribution < 1.29 is 18.7 Å². The van der Waals surface area contributed by atoms with Crippen LogP contribution in [0.2, 0.25) is 5.02 Å². The van der Waals surface area contributed by atoms with E-state index in [9.17, 15) is 9.18 Å². The molecule has 0 aromatic heterocycles. The van der Waals surface area contributed by atoms with Gasteiger partial charge in [0.15, 0.2) is 11.5 Å². The van der Waals surface area contributed by atoms with Crippen LogP contribution in [0.5, 0.6) is 11.5 Å². The molecule has 0 radical (unpaired) electrons. The lowest BCUT2D eigenvalue weighted by Crippen LogP contribution is -2.29. The second-order valence-electron chi connectivity index (χ2n) is 4.94. The molecule has 0 atom stereocenters. The van der Waals surface area contributed by atoms with E-state index in [-0.39, 0.29) is 18.3 Å². The van der Waals surface area contributed by atoms with Gasteiger partial charge in [-0.2, -0.15) is 0 Å². The number of carbonyl (C=O) groups is 1. The number of hydrogen-bond donors (Lipinski definition) is 2. The SMILES string of the molecule is COc1cc(Cl)c(NCC(=O)NCc2ccc(F)cc2)cc1OC. The molecule has 0 unspecified atom stereocenters. The van der Waals surface area contributed by atoms with Crippen LogP contribution in [0.3, 0.4) is 0 Å². The molecular formula is C17H18ClFN2O3. The molecule has 24 heavy (non-hydrogen) atoms. The smallest absolute Gasteiger partial charge is 0.239 e. The Hall–Kier alpha value is -2.47. The van der Waals surface area contributed by atoms with Crippen LogP contribution < -0.4 is 20.1 Å². The van der Waals surface area contributed by atoms with E-state index in [1.165, 1.54) is 26.4 Å². The number of amides is 1. The minimum atomic E-state index is -0.310. The van der Waals surface area contributed by atoms with Gasteiger partial charge in [0.1, 0.15) is 5.82 Å². The number of methoxy groups -OCH3 is 2. The number of rotatable bonds is 7. The van der Waals surface area contributed by atoms with Gasteiger partial charge in [0, 0.05) is 18.7 Å². The summed E-state index contributed by atoms with van der Waals surface area (Å²) in [6, 6.07) is 9.21. The first-order chi connectivity index (χ1) is 11.5. The van der Waals surface area contributed by atoms with Gasteiger partial charge in [-0.3, -0.25) is 4.79 Å². The van der Waals surface area contributed by atoms with Gasteiger partial charge < -0.3 is 20.1 Å². The third-order valence-corrected chi connectivity index (χ3v) is 3.63. The molecule has 2 rings (SSSR count). The largest absolute Gasteiger partial charge is 0.493 e. The lowest BCUT2D eigenvalue weighted by Gasteiger charge is -2.13. The highest BCUT2D eigenvalue weighted by molar-refractivity contribution is 6.33. The zero-order valence-corrected chi connectivity index (χ0v) is 14.1. The molecular weight excluding hydrogens is 335 g/mol. The quantitative estimate of drug-likeness (QED) is 0.803. The number of halogens is 2. The average Bonchev–Trinajstić information content (AvgIpc) is 2.59. The summed E-state index contributed by atoms with van der Waals surface area (Å²) >= 11 is 6.14. The van der Waals surface area contributed by atoms with Crippen LogP contribution in [-0.2, 0) is 11.3 Å². The van der Waals surface area contributed by atoms with Crippen molar-refractivity contribution >= 4 is 23.2 Å². The van der Waals surface area contributed by atoms with Crippen LogP contribution >= 0.6 is 11.6 Å². The zero-order chi connectivity index (χ0) is 17.5. The van der Waals surface area contributed by atoms with Gasteiger partial charge in [-0.25, -0.2) is 4.39 Å². The maximum Gasteiger partial charge on any atom is 0.239 e. The molecule has 0 aliphatic carbocycles. The molecule has 0 spiro atoms. The van der Waals surface area contributed by atoms with E-state index in [0.29, 0.717) is 28.8 Å². The molecule has 128 valence electrons. The van der Waals surface area contributed by atoms with Crippen molar-refractivity contribution in [2.75, 3.05) is 26.1 Å². The summed E-state index contributed by atoms with van der Waals surface area (Å²) in [6.07, 6.45) is 0. The van der Waals surface area contributed by atoms with Crippen molar-refractivity contribution in [2.24, 2.45) is 0 Å². The fraction of sp³-hybridized carbons (Fsp3) is 0.235. The normalized spacial score (nSPS) is 10.2. The second-order valence-corrected chi connectivity index (χ2v) is 5.35. The fourth-order valence-corrected chi connectivity index (χ4v) is 2.25. The first-order valence-electron chi connectivity index (χ1n) is 7.20. The molecule has 0 saturated heterocycles. The molecule has 0 fully saturated rings. The van der Waals surface area contributed by atoms with Crippen LogP contribution in [0.1, 0.15) is 5.56 Å². The molecule has 0 saturated carbocycles. The Morgan fingerprint density at radius 1 is 1.12 bits per heavy atom. The van der Waals surface area contributed by atoms with Crippen molar-refractivity contribution in [1.82, 2.24) is 5.32 Å². The van der Waals surface area contributed by atoms with E-state index in [1.54, 1.807) is 24.3 Å². The Labute approximate surface area is 144 Å². The minimum Gasteiger partial charge on any atom is -0.493 e. The Kier molecular flexibility index (Phi) is 6.26. The van der Waals surface area contributed by atoms with E-state index in [2.05, 4.69) is 10.6 Å². The molecule has 0 heterocycles. The highest BCUT2D eigenvalue weighted by Gasteiger charge is 2.10. The van der Waals surface area contributed by atoms with E-state index in [0.717, 1.165) is 5.56 Å². The maximum atomic E-state index is 12.8. The Balaban J connectivity index is 1.90. The van der Waals surface area contributed by atoms with Crippen molar-refractivity contribution in [2.45, 2.75) is 6.54 Å². The monoisotopic (exact) mass is 352 g/mol. The zero-order valence-electron chi connectivity index (χ0n) is 13.4. The van der Waals surface area contributed by atoms with Crippen molar-refractivity contribution in [3.8, 4) is 11.5 Å². The Morgan fingerprint density at radius 3 is 2.38 bits per heavy atom. The van der Waals surface area contributed by atoms with Crippen molar-refractivity contribution in [3.05, 3.63) is 52.8 Å². The number of hydrogen-bond acceptors (Lipinski definition) is 4. The van der Waals surface area contributed by atoms with E-state index in [4.69, 9.17) is 21.1 Å². The molecule has 0 aliphatic rings. The highest BCUT2D eigenvalue weighted by Crippen LogP contribution is 2.35. The topological polar surface area (TPSA) is 59.6 Å². The van der Waals surface area contributed by atoms with Crippen molar-refractivity contribution in [1.29, 1.82) is 0 Å². The van der Waals surface area contributed by atoms with Gasteiger partial charge >= 0.3 is 0 Å². The average molecular weight is 353 g/mol. The lowest BCUT2D eigenvalue weighted by atomic mass is 10.2. The fourth-order valence-electron chi connectivity index (χ4n) is 2.03. The van der Waals surface area contributed by atoms with E-state index in [1.807, 2.05) is 0 Å². The number of nitrogens with one attached hydrogen (secondary N) is 2. The van der Waals surface area contributed by atoms with Gasteiger partial charge in [-0.15, -0.1) is 0 Å². The summed E-state index contributed by atoms with van der Waals surface area (Å²) in [5.74, 6) is 0.491. The molecule has 1 amide bonds. The second kappa shape index (κ2) is 8.40. The van der Waals surface area contributed by atoms with Gasteiger partial charge in [-0.1, -0.05) is 23.7 Å². The van der Waals surface area contributed by atoms with Gasteiger partial charge in [0.05, 0.1) is 31.5 Å². The molecule has 0 aliphatic heterocycles. The minimum absolute atomic E-state index is 0.0381. The summed E-state index contributed by atoms with van der Waals surface area (Å²) < 4.78 is 23.2. The molecule has 0 bridgehead atoms. The first-order valence-corrected chi connectivity index (χ1v) is 7.58. The lowest BCUT2D eigenvalue weighted by molar-refractivity contribution is -0.119. The molecule has 5 nitrogen and oxygen atoms in total. The van der Waals surface area contributed by atoms with Crippen molar-refractivity contribution in [3.63, 3.8) is 0 Å². The number of benzene rings is 2. The third-order valence-electron chi connectivity index (χ3n) is 3.32. The molecule has 2 aromatic rings. The van der Waals surface area contributed by atoms with Crippen LogP contribution in [0, 0.1) is 5.82 Å². The van der Waals surface area contributed by atoms with E-state index >= 15 is 0 Å². The summed E-state index contributed by atoms with van der Waals surface area (Å²) in [5.41, 5.74) is 1.38. The van der Waals surface area contributed by atoms with Gasteiger partial charge in [0.2, 0.25) is 5.91 Å². The molecule has 2 N–H and O–H groups in total. The number of carbonyl (C=O) groups excluding carboxylic acids is 1. The summed E-state index contributed by atoms with van der Waals surface area (Å²) in [5, 5.41) is 6.10. The third kappa shape index (κ3) is 4.76. The highest BCUT2D eigenvalue weighted by atomic mass is 35.5. The van der Waals surface area contributed by atoms with Gasteiger partial charge in [-0.05, 0) is 17.7 Å². The summed E-state index contributed by atoms with van der Waals surface area (Å²) in [4.78, 5) is 11.9. The molecule has 2 aromatic carbocycles. The van der Waals surface area contributed by atoms with Crippen LogP contribution in [0.25, 0.3) is 0 Å². The van der Waals surface area contributed by atoms with Crippen LogP contribution in [0.15, 0.2) is 36.4 Å². The Bertz CT molecular complexity index is 708. The standard InChI is InChI=1S/C17H18ClFN2O3/c1-23-15-7-13(18)14(8-16(15)24-2)20-10-17(22)21-9-11-3-5-12(19)6-4-11/h3-8,20H,9-10H2,1-2H3,(H,21,22). The molecule has 7 heteroatoms. The predicted octanol–water partition coefficient (Wildman–Crippen LogP) is 3.22. The predicted molar refractivity (Wildman–Crippen MR) is 91.3 cm³/mol. The maximum absolute atomic E-state index is 12.8. The van der Waals surface area contributed by atoms with Crippen LogP contribution in [0.4, 0.5) is 10.1 Å². The summed E-state index contributed by atoms with van der Waals surface area (Å²) in [7, 11) is 3.04. The number of anilines is 1.